The monoisotopic (exact) mass is 212 g/mol. The zero-order valence-electron chi connectivity index (χ0n) is 7.68. The van der Waals surface area contributed by atoms with Crippen LogP contribution in [0.25, 0.3) is 0 Å². The number of benzene rings is 1. The van der Waals surface area contributed by atoms with Crippen LogP contribution in [0, 0.1) is 0 Å². The first-order valence-electron chi connectivity index (χ1n) is 4.16. The van der Waals surface area contributed by atoms with E-state index in [-0.39, 0.29) is 5.75 Å². The highest BCUT2D eigenvalue weighted by Crippen LogP contribution is 2.12. The van der Waals surface area contributed by atoms with E-state index in [1.165, 1.54) is 0 Å². The molecule has 0 saturated carbocycles. The Morgan fingerprint density at radius 1 is 1.29 bits per heavy atom. The number of hydrogen-bond donors (Lipinski definition) is 1. The lowest BCUT2D eigenvalue weighted by Gasteiger charge is -2.04. The van der Waals surface area contributed by atoms with Gasteiger partial charge in [-0.05, 0) is 17.5 Å². The Morgan fingerprint density at radius 3 is 2.36 bits per heavy atom. The largest absolute Gasteiger partial charge is 0.285 e. The van der Waals surface area contributed by atoms with Crippen molar-refractivity contribution in [1.29, 1.82) is 0 Å². The third-order valence-electron chi connectivity index (χ3n) is 1.82. The molecule has 0 aliphatic heterocycles. The quantitative estimate of drug-likeness (QED) is 0.611. The van der Waals surface area contributed by atoms with Crippen molar-refractivity contribution >= 4 is 10.1 Å². The summed E-state index contributed by atoms with van der Waals surface area (Å²) in [5, 5.41) is 0. The van der Waals surface area contributed by atoms with Crippen LogP contribution in [-0.2, 0) is 22.3 Å². The van der Waals surface area contributed by atoms with E-state index in [1.807, 2.05) is 12.1 Å². The second-order valence-electron chi connectivity index (χ2n) is 2.99. The molecule has 1 N–H and O–H groups in total. The minimum absolute atomic E-state index is 0.336. The summed E-state index contributed by atoms with van der Waals surface area (Å²) in [6, 6.07) is 7.08. The first kappa shape index (κ1) is 10.9. The predicted molar refractivity (Wildman–Crippen MR) is 55.6 cm³/mol. The Kier molecular flexibility index (Phi) is 3.43. The van der Waals surface area contributed by atoms with Crippen LogP contribution in [-0.4, -0.2) is 13.0 Å². The van der Waals surface area contributed by atoms with Gasteiger partial charge in [0.2, 0.25) is 0 Å². The van der Waals surface area contributed by atoms with Gasteiger partial charge < -0.3 is 0 Å². The molecule has 0 heterocycles. The Balaban J connectivity index is 3.01. The lowest BCUT2D eigenvalue weighted by Crippen LogP contribution is -2.04. The molecule has 0 aliphatic rings. The second-order valence-corrected chi connectivity index (χ2v) is 4.44. The van der Waals surface area contributed by atoms with Gasteiger partial charge in [0.15, 0.2) is 0 Å². The molecule has 76 valence electrons. The number of hydrogen-bond acceptors (Lipinski definition) is 2. The first-order valence-corrected chi connectivity index (χ1v) is 5.76. The molecule has 1 aromatic carbocycles. The van der Waals surface area contributed by atoms with Crippen molar-refractivity contribution in [3.05, 3.63) is 48.0 Å². The summed E-state index contributed by atoms with van der Waals surface area (Å²) in [6.45, 7) is 3.58. The number of rotatable bonds is 4. The van der Waals surface area contributed by atoms with Crippen LogP contribution in [0.4, 0.5) is 0 Å². The van der Waals surface area contributed by atoms with E-state index in [0.29, 0.717) is 12.0 Å². The summed E-state index contributed by atoms with van der Waals surface area (Å²) >= 11 is 0. The molecule has 0 atom stereocenters. The van der Waals surface area contributed by atoms with Crippen LogP contribution >= 0.6 is 0 Å². The lowest BCUT2D eigenvalue weighted by atomic mass is 10.1. The molecule has 0 bridgehead atoms. The summed E-state index contributed by atoms with van der Waals surface area (Å²) in [7, 11) is -3.95. The Bertz CT molecular complexity index is 421. The zero-order valence-corrected chi connectivity index (χ0v) is 8.50. The average molecular weight is 212 g/mol. The van der Waals surface area contributed by atoms with Crippen LogP contribution in [0.2, 0.25) is 0 Å². The van der Waals surface area contributed by atoms with Gasteiger partial charge in [0, 0.05) is 0 Å². The second kappa shape index (κ2) is 4.39. The normalized spacial score (nSPS) is 11.2. The van der Waals surface area contributed by atoms with Gasteiger partial charge in [-0.2, -0.15) is 8.42 Å². The van der Waals surface area contributed by atoms with Gasteiger partial charge in [0.25, 0.3) is 10.1 Å². The van der Waals surface area contributed by atoms with Crippen molar-refractivity contribution < 1.29 is 13.0 Å². The van der Waals surface area contributed by atoms with Crippen molar-refractivity contribution in [3.8, 4) is 0 Å². The predicted octanol–water partition coefficient (Wildman–Crippen LogP) is 1.80. The molecule has 0 aliphatic carbocycles. The molecular weight excluding hydrogens is 200 g/mol. The fourth-order valence-electron chi connectivity index (χ4n) is 1.25. The summed E-state index contributed by atoms with van der Waals surface area (Å²) in [5.41, 5.74) is 1.50. The molecule has 3 nitrogen and oxygen atoms in total. The molecule has 14 heavy (non-hydrogen) atoms. The van der Waals surface area contributed by atoms with E-state index in [9.17, 15) is 8.42 Å². The van der Waals surface area contributed by atoms with E-state index >= 15 is 0 Å². The fourth-order valence-corrected chi connectivity index (χ4v) is 1.92. The highest BCUT2D eigenvalue weighted by atomic mass is 32.2. The van der Waals surface area contributed by atoms with E-state index in [1.54, 1.807) is 18.2 Å². The van der Waals surface area contributed by atoms with Gasteiger partial charge >= 0.3 is 0 Å². The Morgan fingerprint density at radius 2 is 1.86 bits per heavy atom. The first-order chi connectivity index (χ1) is 6.53. The summed E-state index contributed by atoms with van der Waals surface area (Å²) in [4.78, 5) is 0. The molecule has 0 radical (unpaired) electrons. The summed E-state index contributed by atoms with van der Waals surface area (Å²) < 4.78 is 30.1. The van der Waals surface area contributed by atoms with Crippen LogP contribution in [0.1, 0.15) is 11.1 Å². The zero-order chi connectivity index (χ0) is 10.6. The van der Waals surface area contributed by atoms with Gasteiger partial charge in [-0.25, -0.2) is 0 Å². The van der Waals surface area contributed by atoms with Gasteiger partial charge in [-0.1, -0.05) is 30.3 Å². The molecular formula is C10H12O3S. The SMILES string of the molecule is C=CCc1ccccc1CS(=O)(=O)O. The maximum atomic E-state index is 10.7. The smallest absolute Gasteiger partial charge is 0.269 e. The number of allylic oxidation sites excluding steroid dienone is 1. The van der Waals surface area contributed by atoms with Gasteiger partial charge in [0.05, 0.1) is 0 Å². The lowest BCUT2D eigenvalue weighted by molar-refractivity contribution is 0.482. The highest BCUT2D eigenvalue weighted by Gasteiger charge is 2.09. The molecule has 1 aromatic rings. The van der Waals surface area contributed by atoms with Crippen molar-refractivity contribution in [1.82, 2.24) is 0 Å². The Labute approximate surface area is 83.8 Å². The van der Waals surface area contributed by atoms with Crippen molar-refractivity contribution in [2.45, 2.75) is 12.2 Å². The molecule has 4 heteroatoms. The van der Waals surface area contributed by atoms with Crippen LogP contribution in [0.3, 0.4) is 0 Å². The van der Waals surface area contributed by atoms with Gasteiger partial charge in [0.1, 0.15) is 5.75 Å². The molecule has 0 spiro atoms. The summed E-state index contributed by atoms with van der Waals surface area (Å²) in [5.74, 6) is -0.336. The van der Waals surface area contributed by atoms with Crippen LogP contribution < -0.4 is 0 Å². The minimum atomic E-state index is -3.95. The molecule has 0 saturated heterocycles. The van der Waals surface area contributed by atoms with E-state index in [2.05, 4.69) is 6.58 Å². The van der Waals surface area contributed by atoms with E-state index in [0.717, 1.165) is 5.56 Å². The fraction of sp³-hybridized carbons (Fsp3) is 0.200. The van der Waals surface area contributed by atoms with E-state index < -0.39 is 10.1 Å². The minimum Gasteiger partial charge on any atom is -0.285 e. The molecule has 1 rings (SSSR count). The van der Waals surface area contributed by atoms with Crippen molar-refractivity contribution in [2.75, 3.05) is 0 Å². The third-order valence-corrected chi connectivity index (χ3v) is 2.50. The third kappa shape index (κ3) is 3.32. The molecule has 0 unspecified atom stereocenters. The average Bonchev–Trinajstić information content (AvgIpc) is 2.06. The molecule has 0 amide bonds. The van der Waals surface area contributed by atoms with Crippen molar-refractivity contribution in [3.63, 3.8) is 0 Å². The standard InChI is InChI=1S/C10H12O3S/c1-2-5-9-6-3-4-7-10(9)8-14(11,12)13/h2-4,6-7H,1,5,8H2,(H,11,12,13). The molecule has 0 fully saturated rings. The van der Waals surface area contributed by atoms with Gasteiger partial charge in [-0.15, -0.1) is 6.58 Å². The van der Waals surface area contributed by atoms with E-state index in [4.69, 9.17) is 4.55 Å². The van der Waals surface area contributed by atoms with Crippen molar-refractivity contribution in [2.24, 2.45) is 0 Å². The highest BCUT2D eigenvalue weighted by molar-refractivity contribution is 7.85. The van der Waals surface area contributed by atoms with Crippen LogP contribution in [0.5, 0.6) is 0 Å². The van der Waals surface area contributed by atoms with Crippen LogP contribution in [0.15, 0.2) is 36.9 Å². The summed E-state index contributed by atoms with van der Waals surface area (Å²) in [6.07, 6.45) is 2.30. The van der Waals surface area contributed by atoms with Gasteiger partial charge in [-0.3, -0.25) is 4.55 Å². The maximum Gasteiger partial charge on any atom is 0.269 e. The maximum absolute atomic E-state index is 10.7. The Hall–Kier alpha value is -1.13. The topological polar surface area (TPSA) is 54.4 Å². The molecule has 0 aromatic heterocycles.